The van der Waals surface area contributed by atoms with Gasteiger partial charge in [0, 0.05) is 12.6 Å². The second-order valence-electron chi connectivity index (χ2n) is 5.58. The Bertz CT molecular complexity index is 504. The minimum absolute atomic E-state index is 0.175. The van der Waals surface area contributed by atoms with E-state index in [1.54, 1.807) is 13.8 Å². The van der Waals surface area contributed by atoms with Crippen molar-refractivity contribution in [3.8, 4) is 0 Å². The van der Waals surface area contributed by atoms with Crippen LogP contribution in [0.15, 0.2) is 4.52 Å². The van der Waals surface area contributed by atoms with Crippen LogP contribution in [0.5, 0.6) is 0 Å². The summed E-state index contributed by atoms with van der Waals surface area (Å²) in [6.07, 6.45) is 2.24. The highest BCUT2D eigenvalue weighted by molar-refractivity contribution is 5.76. The van der Waals surface area contributed by atoms with E-state index in [1.807, 2.05) is 0 Å². The molecule has 3 rings (SSSR count). The first-order valence-corrected chi connectivity index (χ1v) is 7.54. The van der Waals surface area contributed by atoms with E-state index in [0.29, 0.717) is 25.1 Å². The molecule has 0 saturated carbocycles. The molecule has 2 aliphatic heterocycles. The average Bonchev–Trinajstić information content (AvgIpc) is 3.14. The van der Waals surface area contributed by atoms with Crippen molar-refractivity contribution < 1.29 is 18.8 Å². The van der Waals surface area contributed by atoms with Gasteiger partial charge >= 0.3 is 5.97 Å². The normalized spacial score (nSPS) is 27.3. The zero-order valence-corrected chi connectivity index (χ0v) is 12.4. The van der Waals surface area contributed by atoms with Crippen LogP contribution in [0.4, 0.5) is 0 Å². The third-order valence-corrected chi connectivity index (χ3v) is 4.15. The van der Waals surface area contributed by atoms with Crippen molar-refractivity contribution in [1.29, 1.82) is 0 Å². The monoisotopic (exact) mass is 295 g/mol. The smallest absolute Gasteiger partial charge is 0.318 e. The van der Waals surface area contributed by atoms with Gasteiger partial charge in [-0.25, -0.2) is 0 Å². The first kappa shape index (κ1) is 14.5. The molecule has 0 N–H and O–H groups in total. The van der Waals surface area contributed by atoms with E-state index < -0.39 is 5.92 Å². The summed E-state index contributed by atoms with van der Waals surface area (Å²) >= 11 is 0. The molecule has 21 heavy (non-hydrogen) atoms. The highest BCUT2D eigenvalue weighted by atomic mass is 16.5. The number of ether oxygens (including phenoxy) is 2. The largest absolute Gasteiger partial charge is 0.465 e. The van der Waals surface area contributed by atoms with Crippen LogP contribution in [-0.2, 0) is 14.3 Å². The van der Waals surface area contributed by atoms with Crippen LogP contribution in [0.3, 0.4) is 0 Å². The Morgan fingerprint density at radius 2 is 2.43 bits per heavy atom. The lowest BCUT2D eigenvalue weighted by atomic mass is 10.1. The number of carbonyl (C=O) groups excluding carboxylic acids is 1. The van der Waals surface area contributed by atoms with E-state index in [4.69, 9.17) is 14.0 Å². The number of esters is 1. The summed E-state index contributed by atoms with van der Waals surface area (Å²) in [6, 6.07) is 0.533. The lowest BCUT2D eigenvalue weighted by molar-refractivity contribution is -0.145. The van der Waals surface area contributed by atoms with E-state index in [2.05, 4.69) is 15.0 Å². The Balaban J connectivity index is 1.66. The van der Waals surface area contributed by atoms with Crippen molar-refractivity contribution in [3.63, 3.8) is 0 Å². The van der Waals surface area contributed by atoms with E-state index in [-0.39, 0.29) is 18.0 Å². The number of hydrogen-bond acceptors (Lipinski definition) is 7. The second kappa shape index (κ2) is 6.11. The summed E-state index contributed by atoms with van der Waals surface area (Å²) < 4.78 is 16.0. The number of rotatable bonds is 4. The number of hydrogen-bond donors (Lipinski definition) is 0. The van der Waals surface area contributed by atoms with E-state index in [0.717, 1.165) is 13.1 Å². The highest BCUT2D eigenvalue weighted by Gasteiger charge is 2.35. The Hall–Kier alpha value is -1.47. The fraction of sp³-hybridized carbons (Fsp3) is 0.786. The van der Waals surface area contributed by atoms with E-state index in [9.17, 15) is 4.79 Å². The molecule has 0 amide bonds. The molecule has 0 aromatic carbocycles. The maximum atomic E-state index is 11.7. The first-order valence-electron chi connectivity index (χ1n) is 7.54. The average molecular weight is 295 g/mol. The third-order valence-electron chi connectivity index (χ3n) is 4.15. The van der Waals surface area contributed by atoms with Crippen LogP contribution in [-0.4, -0.2) is 53.4 Å². The van der Waals surface area contributed by atoms with Crippen molar-refractivity contribution in [2.75, 3.05) is 26.3 Å². The molecule has 116 valence electrons. The zero-order chi connectivity index (χ0) is 14.8. The summed E-state index contributed by atoms with van der Waals surface area (Å²) in [5.74, 6) is -0.0895. The van der Waals surface area contributed by atoms with Crippen LogP contribution in [0.1, 0.15) is 50.4 Å². The molecule has 2 aliphatic rings. The summed E-state index contributed by atoms with van der Waals surface area (Å²) in [4.78, 5) is 18.4. The summed E-state index contributed by atoms with van der Waals surface area (Å²) in [5, 5.41) is 3.97. The van der Waals surface area contributed by atoms with E-state index in [1.165, 1.54) is 12.8 Å². The molecule has 7 nitrogen and oxygen atoms in total. The summed E-state index contributed by atoms with van der Waals surface area (Å²) in [7, 11) is 0. The first-order chi connectivity index (χ1) is 10.2. The van der Waals surface area contributed by atoms with E-state index >= 15 is 0 Å². The van der Waals surface area contributed by atoms with Crippen LogP contribution >= 0.6 is 0 Å². The molecule has 0 radical (unpaired) electrons. The van der Waals surface area contributed by atoms with Gasteiger partial charge in [-0.2, -0.15) is 4.98 Å². The van der Waals surface area contributed by atoms with Crippen LogP contribution in [0, 0.1) is 0 Å². The van der Waals surface area contributed by atoms with Crippen molar-refractivity contribution >= 4 is 5.97 Å². The van der Waals surface area contributed by atoms with Crippen molar-refractivity contribution in [2.24, 2.45) is 0 Å². The maximum absolute atomic E-state index is 11.7. The van der Waals surface area contributed by atoms with Crippen molar-refractivity contribution in [1.82, 2.24) is 15.0 Å². The molecule has 0 spiro atoms. The Labute approximate surface area is 123 Å². The van der Waals surface area contributed by atoms with Gasteiger partial charge in [-0.1, -0.05) is 5.16 Å². The molecule has 7 heteroatoms. The zero-order valence-electron chi connectivity index (χ0n) is 12.4. The maximum Gasteiger partial charge on any atom is 0.318 e. The van der Waals surface area contributed by atoms with Gasteiger partial charge in [0.05, 0.1) is 13.2 Å². The fourth-order valence-electron chi connectivity index (χ4n) is 2.90. The van der Waals surface area contributed by atoms with Gasteiger partial charge in [0.1, 0.15) is 12.0 Å². The Morgan fingerprint density at radius 1 is 1.57 bits per heavy atom. The van der Waals surface area contributed by atoms with Crippen molar-refractivity contribution in [3.05, 3.63) is 11.7 Å². The molecule has 3 heterocycles. The minimum atomic E-state index is -0.547. The van der Waals surface area contributed by atoms with Gasteiger partial charge < -0.3 is 14.0 Å². The molecule has 1 aromatic heterocycles. The number of nitrogens with zero attached hydrogens (tertiary/aromatic N) is 3. The summed E-state index contributed by atoms with van der Waals surface area (Å²) in [5.41, 5.74) is 0. The van der Waals surface area contributed by atoms with Crippen LogP contribution in [0.2, 0.25) is 0 Å². The van der Waals surface area contributed by atoms with Crippen LogP contribution in [0.25, 0.3) is 0 Å². The predicted octanol–water partition coefficient (Wildman–Crippen LogP) is 1.27. The number of carbonyl (C=O) groups is 1. The summed E-state index contributed by atoms with van der Waals surface area (Å²) in [6.45, 7) is 6.42. The topological polar surface area (TPSA) is 77.7 Å². The number of morpholine rings is 1. The minimum Gasteiger partial charge on any atom is -0.465 e. The highest BCUT2D eigenvalue weighted by Crippen LogP contribution is 2.29. The molecule has 2 saturated heterocycles. The third kappa shape index (κ3) is 2.94. The SMILES string of the molecule is CCOC(=O)C(C)c1nc(C2CN3CCCC3CO2)no1. The Morgan fingerprint density at radius 3 is 3.24 bits per heavy atom. The van der Waals surface area contributed by atoms with Crippen molar-refractivity contribution in [2.45, 2.75) is 44.8 Å². The molecular formula is C14H21N3O4. The lowest BCUT2D eigenvalue weighted by Gasteiger charge is -2.33. The van der Waals surface area contributed by atoms with Gasteiger partial charge in [-0.15, -0.1) is 0 Å². The number of fused-ring (bicyclic) bond motifs is 1. The van der Waals surface area contributed by atoms with Gasteiger partial charge in [0.2, 0.25) is 11.7 Å². The standard InChI is InChI=1S/C14H21N3O4/c1-3-19-14(18)9(2)13-15-12(16-21-13)11-7-17-6-4-5-10(17)8-20-11/h9-11H,3-8H2,1-2H3. The van der Waals surface area contributed by atoms with Gasteiger partial charge in [0.25, 0.3) is 0 Å². The van der Waals surface area contributed by atoms with Gasteiger partial charge in [0.15, 0.2) is 0 Å². The molecule has 3 unspecified atom stereocenters. The van der Waals surface area contributed by atoms with Gasteiger partial charge in [-0.3, -0.25) is 9.69 Å². The molecule has 0 bridgehead atoms. The predicted molar refractivity (Wildman–Crippen MR) is 72.6 cm³/mol. The molecule has 2 fully saturated rings. The number of aromatic nitrogens is 2. The molecule has 0 aliphatic carbocycles. The quantitative estimate of drug-likeness (QED) is 0.774. The molecule has 3 atom stereocenters. The molecular weight excluding hydrogens is 274 g/mol. The van der Waals surface area contributed by atoms with Crippen LogP contribution < -0.4 is 0 Å². The second-order valence-corrected chi connectivity index (χ2v) is 5.58. The van der Waals surface area contributed by atoms with Gasteiger partial charge in [-0.05, 0) is 33.2 Å². The molecule has 1 aromatic rings. The Kier molecular flexibility index (Phi) is 4.21. The fourth-order valence-corrected chi connectivity index (χ4v) is 2.90. The lowest BCUT2D eigenvalue weighted by Crippen LogP contribution is -2.42.